The second-order valence-electron chi connectivity index (χ2n) is 4.63. The fraction of sp³-hybridized carbons (Fsp3) is 0.583. The molecule has 0 N–H and O–H groups in total. The third kappa shape index (κ3) is 1.71. The van der Waals surface area contributed by atoms with E-state index in [0.29, 0.717) is 5.78 Å². The molecular formula is C12H16N2OS. The number of hydrogen-bond donors (Lipinski definition) is 0. The quantitative estimate of drug-likeness (QED) is 0.722. The summed E-state index contributed by atoms with van der Waals surface area (Å²) in [6.45, 7) is 7.36. The lowest BCUT2D eigenvalue weighted by atomic mass is 10.0. The molecule has 0 amide bonds. The highest BCUT2D eigenvalue weighted by atomic mass is 32.1. The Morgan fingerprint density at radius 3 is 2.56 bits per heavy atom. The first-order valence-corrected chi connectivity index (χ1v) is 6.63. The standard InChI is InChI=1S/C12H16N2OS/c1-9-2-3-11(16-9)12(15)10-8-13-4-6-14(10)7-5-13/h2-3,10H,4-8H2,1H3. The zero-order valence-electron chi connectivity index (χ0n) is 9.48. The normalized spacial score (nSPS) is 32.9. The average molecular weight is 236 g/mol. The Kier molecular flexibility index (Phi) is 2.58. The van der Waals surface area contributed by atoms with Crippen LogP contribution in [-0.4, -0.2) is 54.3 Å². The Morgan fingerprint density at radius 2 is 2.06 bits per heavy atom. The van der Waals surface area contributed by atoms with Gasteiger partial charge in [-0.3, -0.25) is 14.6 Å². The average Bonchev–Trinajstić information content (AvgIpc) is 2.76. The summed E-state index contributed by atoms with van der Waals surface area (Å²) in [5.74, 6) is 0.322. The van der Waals surface area contributed by atoms with E-state index in [1.807, 2.05) is 12.1 Å². The van der Waals surface area contributed by atoms with E-state index in [1.165, 1.54) is 4.88 Å². The number of piperazine rings is 3. The SMILES string of the molecule is Cc1ccc(C(=O)C2CN3CCN2CC3)s1. The molecule has 16 heavy (non-hydrogen) atoms. The van der Waals surface area contributed by atoms with Crippen LogP contribution in [0.2, 0.25) is 0 Å². The molecule has 1 aromatic heterocycles. The van der Waals surface area contributed by atoms with Gasteiger partial charge in [0.2, 0.25) is 0 Å². The first-order valence-electron chi connectivity index (χ1n) is 5.81. The van der Waals surface area contributed by atoms with Crippen molar-refractivity contribution < 1.29 is 4.79 Å². The molecule has 4 heteroatoms. The Labute approximate surface area is 99.7 Å². The molecule has 4 rings (SSSR count). The summed E-state index contributed by atoms with van der Waals surface area (Å²) < 4.78 is 0. The van der Waals surface area contributed by atoms with Crippen molar-refractivity contribution in [1.82, 2.24) is 9.80 Å². The lowest BCUT2D eigenvalue weighted by Gasteiger charge is -2.46. The predicted molar refractivity (Wildman–Crippen MR) is 65.2 cm³/mol. The molecule has 0 aliphatic carbocycles. The lowest BCUT2D eigenvalue weighted by Crippen LogP contribution is -2.63. The van der Waals surface area contributed by atoms with Crippen molar-refractivity contribution in [2.75, 3.05) is 32.7 Å². The number of nitrogens with zero attached hydrogens (tertiary/aromatic N) is 2. The molecule has 3 fully saturated rings. The van der Waals surface area contributed by atoms with Gasteiger partial charge in [-0.1, -0.05) is 0 Å². The van der Waals surface area contributed by atoms with Crippen LogP contribution in [0.4, 0.5) is 0 Å². The molecule has 0 spiro atoms. The molecule has 3 aliphatic heterocycles. The number of carbonyl (C=O) groups is 1. The molecule has 3 aliphatic rings. The van der Waals surface area contributed by atoms with Gasteiger partial charge in [-0.25, -0.2) is 0 Å². The van der Waals surface area contributed by atoms with E-state index in [-0.39, 0.29) is 6.04 Å². The van der Waals surface area contributed by atoms with Crippen molar-refractivity contribution in [2.24, 2.45) is 0 Å². The van der Waals surface area contributed by atoms with Crippen LogP contribution in [0.1, 0.15) is 14.5 Å². The van der Waals surface area contributed by atoms with E-state index in [2.05, 4.69) is 16.7 Å². The summed E-state index contributed by atoms with van der Waals surface area (Å²) in [4.78, 5) is 19.2. The monoisotopic (exact) mass is 236 g/mol. The third-order valence-electron chi connectivity index (χ3n) is 3.56. The van der Waals surface area contributed by atoms with Crippen LogP contribution in [0, 0.1) is 6.92 Å². The van der Waals surface area contributed by atoms with Crippen molar-refractivity contribution in [1.29, 1.82) is 0 Å². The fourth-order valence-electron chi connectivity index (χ4n) is 2.60. The van der Waals surface area contributed by atoms with Crippen LogP contribution in [0.5, 0.6) is 0 Å². The van der Waals surface area contributed by atoms with Gasteiger partial charge in [0.25, 0.3) is 0 Å². The number of fused-ring (bicyclic) bond motifs is 3. The maximum atomic E-state index is 12.3. The molecule has 1 unspecified atom stereocenters. The van der Waals surface area contributed by atoms with Gasteiger partial charge in [-0.2, -0.15) is 0 Å². The number of carbonyl (C=O) groups excluding carboxylic acids is 1. The maximum Gasteiger partial charge on any atom is 0.191 e. The molecule has 4 heterocycles. The maximum absolute atomic E-state index is 12.3. The van der Waals surface area contributed by atoms with Gasteiger partial charge < -0.3 is 0 Å². The number of rotatable bonds is 2. The zero-order chi connectivity index (χ0) is 11.1. The predicted octanol–water partition coefficient (Wildman–Crippen LogP) is 1.24. The fourth-order valence-corrected chi connectivity index (χ4v) is 3.45. The van der Waals surface area contributed by atoms with Crippen molar-refractivity contribution in [2.45, 2.75) is 13.0 Å². The Morgan fingerprint density at radius 1 is 1.31 bits per heavy atom. The minimum Gasteiger partial charge on any atom is -0.299 e. The number of thiophene rings is 1. The molecular weight excluding hydrogens is 220 g/mol. The van der Waals surface area contributed by atoms with E-state index >= 15 is 0 Å². The highest BCUT2D eigenvalue weighted by molar-refractivity contribution is 7.14. The second kappa shape index (κ2) is 3.95. The van der Waals surface area contributed by atoms with Crippen molar-refractivity contribution in [3.63, 3.8) is 0 Å². The molecule has 1 aromatic rings. The molecule has 3 saturated heterocycles. The number of hydrogen-bond acceptors (Lipinski definition) is 4. The first-order chi connectivity index (χ1) is 7.74. The summed E-state index contributed by atoms with van der Waals surface area (Å²) in [5.41, 5.74) is 0. The highest BCUT2D eigenvalue weighted by Gasteiger charge is 2.36. The van der Waals surface area contributed by atoms with Gasteiger partial charge in [-0.05, 0) is 19.1 Å². The molecule has 0 saturated carbocycles. The van der Waals surface area contributed by atoms with E-state index in [1.54, 1.807) is 11.3 Å². The topological polar surface area (TPSA) is 23.6 Å². The van der Waals surface area contributed by atoms with Gasteiger partial charge >= 0.3 is 0 Å². The van der Waals surface area contributed by atoms with Crippen LogP contribution >= 0.6 is 11.3 Å². The van der Waals surface area contributed by atoms with Crippen molar-refractivity contribution >= 4 is 17.1 Å². The van der Waals surface area contributed by atoms with E-state index in [0.717, 1.165) is 37.6 Å². The van der Waals surface area contributed by atoms with Crippen LogP contribution in [0.25, 0.3) is 0 Å². The molecule has 2 bridgehead atoms. The van der Waals surface area contributed by atoms with E-state index in [9.17, 15) is 4.79 Å². The lowest BCUT2D eigenvalue weighted by molar-refractivity contribution is 0.0161. The van der Waals surface area contributed by atoms with E-state index < -0.39 is 0 Å². The zero-order valence-corrected chi connectivity index (χ0v) is 10.3. The largest absolute Gasteiger partial charge is 0.299 e. The van der Waals surface area contributed by atoms with E-state index in [4.69, 9.17) is 0 Å². The first kappa shape index (κ1) is 10.4. The van der Waals surface area contributed by atoms with Crippen LogP contribution in [-0.2, 0) is 0 Å². The minimum absolute atomic E-state index is 0.112. The van der Waals surface area contributed by atoms with Gasteiger partial charge in [-0.15, -0.1) is 11.3 Å². The van der Waals surface area contributed by atoms with Gasteiger partial charge in [0.15, 0.2) is 5.78 Å². The van der Waals surface area contributed by atoms with Gasteiger partial charge in [0, 0.05) is 37.6 Å². The molecule has 0 radical (unpaired) electrons. The summed E-state index contributed by atoms with van der Waals surface area (Å²) in [6, 6.07) is 4.12. The Hall–Kier alpha value is -0.710. The van der Waals surface area contributed by atoms with Crippen molar-refractivity contribution in [3.05, 3.63) is 21.9 Å². The molecule has 1 atom stereocenters. The number of Topliss-reactive ketones (excluding diaryl/α,β-unsaturated/α-hetero) is 1. The third-order valence-corrected chi connectivity index (χ3v) is 4.58. The summed E-state index contributed by atoms with van der Waals surface area (Å²) in [5, 5.41) is 0. The second-order valence-corrected chi connectivity index (χ2v) is 5.91. The highest BCUT2D eigenvalue weighted by Crippen LogP contribution is 2.23. The van der Waals surface area contributed by atoms with Crippen LogP contribution in [0.3, 0.4) is 0 Å². The minimum atomic E-state index is 0.112. The summed E-state index contributed by atoms with van der Waals surface area (Å²) in [7, 11) is 0. The summed E-state index contributed by atoms with van der Waals surface area (Å²) in [6.07, 6.45) is 0. The van der Waals surface area contributed by atoms with Gasteiger partial charge in [0.05, 0.1) is 10.9 Å². The summed E-state index contributed by atoms with van der Waals surface area (Å²) >= 11 is 1.62. The number of aryl methyl sites for hydroxylation is 1. The number of ketones is 1. The van der Waals surface area contributed by atoms with Gasteiger partial charge in [0.1, 0.15) is 0 Å². The van der Waals surface area contributed by atoms with Crippen LogP contribution < -0.4 is 0 Å². The van der Waals surface area contributed by atoms with Crippen molar-refractivity contribution in [3.8, 4) is 0 Å². The smallest absolute Gasteiger partial charge is 0.191 e. The Bertz CT molecular complexity index is 407. The molecule has 86 valence electrons. The molecule has 3 nitrogen and oxygen atoms in total. The van der Waals surface area contributed by atoms with Crippen LogP contribution in [0.15, 0.2) is 12.1 Å². The molecule has 0 aromatic carbocycles. The Balaban J connectivity index is 1.80.